The summed E-state index contributed by atoms with van der Waals surface area (Å²) in [6.45, 7) is 6.04. The molecular formula is C21H24FNO4. The molecule has 0 saturated heterocycles. The van der Waals surface area contributed by atoms with E-state index in [1.807, 2.05) is 24.3 Å². The van der Waals surface area contributed by atoms with E-state index in [-0.39, 0.29) is 24.1 Å². The molecule has 0 atom stereocenters. The zero-order valence-corrected chi connectivity index (χ0v) is 15.8. The van der Waals surface area contributed by atoms with E-state index in [2.05, 4.69) is 26.1 Å². The van der Waals surface area contributed by atoms with Crippen LogP contribution in [0.5, 0.6) is 5.75 Å². The molecule has 5 nitrogen and oxygen atoms in total. The third kappa shape index (κ3) is 6.73. The van der Waals surface area contributed by atoms with E-state index < -0.39 is 24.3 Å². The molecule has 0 aliphatic rings. The number of esters is 1. The fourth-order valence-corrected chi connectivity index (χ4v) is 2.27. The van der Waals surface area contributed by atoms with E-state index in [0.29, 0.717) is 5.75 Å². The summed E-state index contributed by atoms with van der Waals surface area (Å²) in [6.07, 6.45) is 0.00794. The van der Waals surface area contributed by atoms with Crippen LogP contribution in [0.2, 0.25) is 0 Å². The van der Waals surface area contributed by atoms with Crippen molar-refractivity contribution < 1.29 is 23.5 Å². The van der Waals surface area contributed by atoms with E-state index in [9.17, 15) is 14.0 Å². The molecule has 0 spiro atoms. The zero-order valence-electron chi connectivity index (χ0n) is 15.8. The van der Waals surface area contributed by atoms with Crippen molar-refractivity contribution >= 4 is 17.6 Å². The Morgan fingerprint density at radius 2 is 1.70 bits per heavy atom. The summed E-state index contributed by atoms with van der Waals surface area (Å²) in [5, 5.41) is 2.34. The SMILES string of the molecule is CC(C)(C)c1ccc(OCCC(=O)OCC(=O)Nc2ccccc2F)cc1. The number of hydrogen-bond donors (Lipinski definition) is 1. The van der Waals surface area contributed by atoms with Gasteiger partial charge in [-0.15, -0.1) is 0 Å². The van der Waals surface area contributed by atoms with Crippen molar-refractivity contribution in [3.63, 3.8) is 0 Å². The number of halogens is 1. The van der Waals surface area contributed by atoms with Crippen molar-refractivity contribution in [2.75, 3.05) is 18.5 Å². The number of ether oxygens (including phenoxy) is 2. The third-order valence-electron chi connectivity index (χ3n) is 3.81. The Hall–Kier alpha value is -2.89. The lowest BCUT2D eigenvalue weighted by molar-refractivity contribution is -0.147. The number of benzene rings is 2. The van der Waals surface area contributed by atoms with Gasteiger partial charge in [-0.05, 0) is 35.2 Å². The number of amides is 1. The highest BCUT2D eigenvalue weighted by molar-refractivity contribution is 5.92. The van der Waals surface area contributed by atoms with Crippen LogP contribution in [0.25, 0.3) is 0 Å². The van der Waals surface area contributed by atoms with Crippen LogP contribution in [0.4, 0.5) is 10.1 Å². The molecular weight excluding hydrogens is 349 g/mol. The first-order valence-corrected chi connectivity index (χ1v) is 8.69. The predicted octanol–water partition coefficient (Wildman–Crippen LogP) is 4.07. The molecule has 0 fully saturated rings. The summed E-state index contributed by atoms with van der Waals surface area (Å²) in [4.78, 5) is 23.4. The standard InChI is InChI=1S/C21H24FNO4/c1-21(2,3)15-8-10-16(11-9-15)26-13-12-20(25)27-14-19(24)23-18-7-5-4-6-17(18)22/h4-11H,12-14H2,1-3H3,(H,23,24). The minimum absolute atomic E-state index is 0.00794. The molecule has 6 heteroatoms. The molecule has 0 radical (unpaired) electrons. The Bertz CT molecular complexity index is 782. The Labute approximate surface area is 158 Å². The Morgan fingerprint density at radius 3 is 2.33 bits per heavy atom. The van der Waals surface area contributed by atoms with Crippen LogP contribution in [0, 0.1) is 5.82 Å². The van der Waals surface area contributed by atoms with E-state index in [1.165, 1.54) is 23.8 Å². The molecule has 0 aliphatic carbocycles. The maximum Gasteiger partial charge on any atom is 0.309 e. The molecule has 1 amide bonds. The van der Waals surface area contributed by atoms with Crippen LogP contribution >= 0.6 is 0 Å². The Kier molecular flexibility index (Phi) is 6.93. The third-order valence-corrected chi connectivity index (χ3v) is 3.81. The van der Waals surface area contributed by atoms with Crippen molar-refractivity contribution in [3.8, 4) is 5.75 Å². The highest BCUT2D eigenvalue weighted by Crippen LogP contribution is 2.24. The van der Waals surface area contributed by atoms with Gasteiger partial charge in [-0.1, -0.05) is 45.0 Å². The topological polar surface area (TPSA) is 64.6 Å². The van der Waals surface area contributed by atoms with E-state index in [0.717, 1.165) is 0 Å². The summed E-state index contributed by atoms with van der Waals surface area (Å²) in [7, 11) is 0. The number of para-hydroxylation sites is 1. The van der Waals surface area contributed by atoms with Gasteiger partial charge < -0.3 is 14.8 Å². The van der Waals surface area contributed by atoms with E-state index in [1.54, 1.807) is 6.07 Å². The lowest BCUT2D eigenvalue weighted by Crippen LogP contribution is -2.22. The molecule has 2 rings (SSSR count). The molecule has 1 N–H and O–H groups in total. The molecule has 2 aromatic carbocycles. The number of hydrogen-bond acceptors (Lipinski definition) is 4. The van der Waals surface area contributed by atoms with Crippen molar-refractivity contribution in [1.29, 1.82) is 0 Å². The molecule has 2 aromatic rings. The van der Waals surface area contributed by atoms with Gasteiger partial charge in [0.25, 0.3) is 5.91 Å². The molecule has 27 heavy (non-hydrogen) atoms. The molecule has 0 aromatic heterocycles. The molecule has 0 aliphatic heterocycles. The van der Waals surface area contributed by atoms with Crippen LogP contribution in [0.3, 0.4) is 0 Å². The molecule has 0 unspecified atom stereocenters. The number of carbonyl (C=O) groups is 2. The number of anilines is 1. The molecule has 144 valence electrons. The quantitative estimate of drug-likeness (QED) is 0.743. The maximum absolute atomic E-state index is 13.4. The van der Waals surface area contributed by atoms with Crippen LogP contribution in [-0.4, -0.2) is 25.1 Å². The normalized spacial score (nSPS) is 11.0. The van der Waals surface area contributed by atoms with Gasteiger partial charge in [0.05, 0.1) is 18.7 Å². The highest BCUT2D eigenvalue weighted by atomic mass is 19.1. The van der Waals surface area contributed by atoms with E-state index >= 15 is 0 Å². The fourth-order valence-electron chi connectivity index (χ4n) is 2.27. The smallest absolute Gasteiger partial charge is 0.309 e. The second-order valence-corrected chi connectivity index (χ2v) is 7.06. The van der Waals surface area contributed by atoms with Crippen molar-refractivity contribution in [3.05, 3.63) is 59.9 Å². The first-order valence-electron chi connectivity index (χ1n) is 8.69. The van der Waals surface area contributed by atoms with Gasteiger partial charge in [0.15, 0.2) is 6.61 Å². The Morgan fingerprint density at radius 1 is 1.04 bits per heavy atom. The summed E-state index contributed by atoms with van der Waals surface area (Å²) < 4.78 is 23.8. The second kappa shape index (κ2) is 9.16. The zero-order chi connectivity index (χ0) is 19.9. The summed E-state index contributed by atoms with van der Waals surface area (Å²) in [5.41, 5.74) is 1.29. The minimum atomic E-state index is -0.605. The number of nitrogens with one attached hydrogen (secondary N) is 1. The first kappa shape index (κ1) is 20.4. The van der Waals surface area contributed by atoms with Crippen molar-refractivity contribution in [2.45, 2.75) is 32.6 Å². The predicted molar refractivity (Wildman–Crippen MR) is 101 cm³/mol. The summed E-state index contributed by atoms with van der Waals surface area (Å²) in [5.74, 6) is -1.06. The van der Waals surface area contributed by atoms with Gasteiger partial charge in [0, 0.05) is 0 Å². The monoisotopic (exact) mass is 373 g/mol. The molecule has 0 saturated carbocycles. The maximum atomic E-state index is 13.4. The fraction of sp³-hybridized carbons (Fsp3) is 0.333. The van der Waals surface area contributed by atoms with Gasteiger partial charge in [0.1, 0.15) is 11.6 Å². The van der Waals surface area contributed by atoms with Gasteiger partial charge in [-0.3, -0.25) is 9.59 Å². The lowest BCUT2D eigenvalue weighted by atomic mass is 9.87. The summed E-state index contributed by atoms with van der Waals surface area (Å²) >= 11 is 0. The molecule has 0 bridgehead atoms. The minimum Gasteiger partial charge on any atom is -0.493 e. The lowest BCUT2D eigenvalue weighted by Gasteiger charge is -2.19. The average Bonchev–Trinajstić information content (AvgIpc) is 2.62. The first-order chi connectivity index (χ1) is 12.8. The van der Waals surface area contributed by atoms with E-state index in [4.69, 9.17) is 9.47 Å². The van der Waals surface area contributed by atoms with Crippen LogP contribution < -0.4 is 10.1 Å². The summed E-state index contributed by atoms with van der Waals surface area (Å²) in [6, 6.07) is 13.4. The second-order valence-electron chi connectivity index (χ2n) is 7.06. The highest BCUT2D eigenvalue weighted by Gasteiger charge is 2.13. The van der Waals surface area contributed by atoms with Crippen LogP contribution in [0.15, 0.2) is 48.5 Å². The van der Waals surface area contributed by atoms with Crippen molar-refractivity contribution in [1.82, 2.24) is 0 Å². The van der Waals surface area contributed by atoms with Gasteiger partial charge in [-0.2, -0.15) is 0 Å². The largest absolute Gasteiger partial charge is 0.493 e. The van der Waals surface area contributed by atoms with Gasteiger partial charge in [-0.25, -0.2) is 4.39 Å². The Balaban J connectivity index is 1.69. The molecule has 0 heterocycles. The average molecular weight is 373 g/mol. The van der Waals surface area contributed by atoms with Gasteiger partial charge >= 0.3 is 5.97 Å². The number of rotatable bonds is 7. The van der Waals surface area contributed by atoms with Crippen LogP contribution in [0.1, 0.15) is 32.8 Å². The van der Waals surface area contributed by atoms with Crippen molar-refractivity contribution in [2.24, 2.45) is 0 Å². The van der Waals surface area contributed by atoms with Gasteiger partial charge in [0.2, 0.25) is 0 Å². The van der Waals surface area contributed by atoms with Crippen LogP contribution in [-0.2, 0) is 19.7 Å². The number of carbonyl (C=O) groups excluding carboxylic acids is 2.